The molecule has 0 spiro atoms. The van der Waals surface area contributed by atoms with Crippen LogP contribution < -0.4 is 0 Å². The van der Waals surface area contributed by atoms with Gasteiger partial charge in [0.1, 0.15) is 6.10 Å². The van der Waals surface area contributed by atoms with Gasteiger partial charge in [-0.15, -0.1) is 0 Å². The van der Waals surface area contributed by atoms with Gasteiger partial charge in [0.15, 0.2) is 5.79 Å². The minimum absolute atomic E-state index is 0.0184. The Labute approximate surface area is 205 Å². The molecule has 0 bridgehead atoms. The summed E-state index contributed by atoms with van der Waals surface area (Å²) >= 11 is 0. The number of rotatable bonds is 8. The van der Waals surface area contributed by atoms with Crippen molar-refractivity contribution in [1.29, 1.82) is 0 Å². The second-order valence-corrected chi connectivity index (χ2v) is 11.1. The Morgan fingerprint density at radius 3 is 2.31 bits per heavy atom. The highest BCUT2D eigenvalue weighted by Crippen LogP contribution is 2.70. The van der Waals surface area contributed by atoms with E-state index in [1.165, 1.54) is 24.3 Å². The molecule has 2 saturated carbocycles. The number of carbonyl (C=O) groups is 1. The zero-order chi connectivity index (χ0) is 25.6. The molecule has 1 heterocycles. The van der Waals surface area contributed by atoms with Crippen LogP contribution in [0.25, 0.3) is 0 Å². The van der Waals surface area contributed by atoms with Gasteiger partial charge in [-0.1, -0.05) is 51.1 Å². The van der Waals surface area contributed by atoms with Crippen molar-refractivity contribution in [1.82, 2.24) is 0 Å². The lowest BCUT2D eigenvalue weighted by Gasteiger charge is -2.39. The van der Waals surface area contributed by atoms with Crippen molar-refractivity contribution in [3.8, 4) is 0 Å². The lowest BCUT2D eigenvalue weighted by Crippen LogP contribution is -2.53. The smallest absolute Gasteiger partial charge is 0.432 e. The molecule has 0 amide bonds. The van der Waals surface area contributed by atoms with Crippen molar-refractivity contribution in [3.63, 3.8) is 0 Å². The van der Waals surface area contributed by atoms with E-state index in [9.17, 15) is 18.0 Å². The van der Waals surface area contributed by atoms with E-state index in [1.807, 2.05) is 20.8 Å². The molecule has 0 unspecified atom stereocenters. The third kappa shape index (κ3) is 4.62. The summed E-state index contributed by atoms with van der Waals surface area (Å²) in [5, 5.41) is 0. The number of hydrogen-bond donors (Lipinski definition) is 0. The van der Waals surface area contributed by atoms with Gasteiger partial charge >= 0.3 is 12.1 Å². The first-order chi connectivity index (χ1) is 16.4. The highest BCUT2D eigenvalue weighted by molar-refractivity contribution is 5.83. The summed E-state index contributed by atoms with van der Waals surface area (Å²) in [5.41, 5.74) is -3.52. The van der Waals surface area contributed by atoms with Crippen LogP contribution in [0, 0.1) is 29.1 Å². The average molecular weight is 499 g/mol. The highest BCUT2D eigenvalue weighted by Gasteiger charge is 2.68. The Kier molecular flexibility index (Phi) is 7.05. The van der Waals surface area contributed by atoms with Crippen molar-refractivity contribution in [2.75, 3.05) is 20.3 Å². The molecule has 8 heteroatoms. The van der Waals surface area contributed by atoms with E-state index in [0.29, 0.717) is 31.5 Å². The summed E-state index contributed by atoms with van der Waals surface area (Å²) in [7, 11) is 0.907. The van der Waals surface area contributed by atoms with E-state index < -0.39 is 29.6 Å². The summed E-state index contributed by atoms with van der Waals surface area (Å²) < 4.78 is 65.4. The number of benzene rings is 1. The van der Waals surface area contributed by atoms with Crippen molar-refractivity contribution in [2.45, 2.75) is 77.0 Å². The van der Waals surface area contributed by atoms with Crippen molar-refractivity contribution in [2.24, 2.45) is 29.1 Å². The predicted octanol–water partition coefficient (Wildman–Crippen LogP) is 5.86. The molecule has 35 heavy (non-hydrogen) atoms. The van der Waals surface area contributed by atoms with E-state index in [1.54, 1.807) is 6.07 Å². The second kappa shape index (κ2) is 9.34. The molecular weight excluding hydrogens is 461 g/mol. The van der Waals surface area contributed by atoms with Gasteiger partial charge in [-0.2, -0.15) is 13.2 Å². The quantitative estimate of drug-likeness (QED) is 0.420. The lowest BCUT2D eigenvalue weighted by molar-refractivity contribution is -0.279. The second-order valence-electron chi connectivity index (χ2n) is 11.1. The fourth-order valence-electron chi connectivity index (χ4n) is 6.62. The van der Waals surface area contributed by atoms with Crippen LogP contribution in [0.3, 0.4) is 0 Å². The Hall–Kier alpha value is -1.64. The molecule has 1 saturated heterocycles. The Morgan fingerprint density at radius 2 is 1.77 bits per heavy atom. The Morgan fingerprint density at radius 1 is 1.14 bits per heavy atom. The number of carbonyl (C=O) groups excluding carboxylic acids is 1. The molecule has 5 nitrogen and oxygen atoms in total. The van der Waals surface area contributed by atoms with E-state index in [4.69, 9.17) is 18.9 Å². The number of esters is 1. The first-order valence-electron chi connectivity index (χ1n) is 12.5. The van der Waals surface area contributed by atoms with Crippen LogP contribution in [0.2, 0.25) is 0 Å². The van der Waals surface area contributed by atoms with Crippen LogP contribution in [0.4, 0.5) is 13.2 Å². The van der Waals surface area contributed by atoms with Crippen LogP contribution in [0.15, 0.2) is 30.3 Å². The molecule has 1 aliphatic heterocycles. The number of halogens is 3. The van der Waals surface area contributed by atoms with Gasteiger partial charge in [0, 0.05) is 19.1 Å². The number of fused-ring (bicyclic) bond motifs is 1. The summed E-state index contributed by atoms with van der Waals surface area (Å²) in [4.78, 5) is 13.3. The molecule has 196 valence electrons. The topological polar surface area (TPSA) is 54.0 Å². The molecule has 3 fully saturated rings. The molecule has 0 N–H and O–H groups in total. The molecule has 0 aromatic heterocycles. The standard InChI is InChI=1S/C27H37F3O5/c1-17(2)19-15-21-20(11-12-25(4)33-13-14-34-25)24(21,3)16-22(19)35-23(31)26(32-5,27(28,29)30)18-9-7-6-8-10-18/h6-10,17,19-22H,11-16H2,1-5H3/t19-,20-,21-,22+,24+,26+/m1/s1. The minimum atomic E-state index is -4.98. The van der Waals surface area contributed by atoms with Gasteiger partial charge < -0.3 is 18.9 Å². The van der Waals surface area contributed by atoms with Crippen molar-refractivity contribution < 1.29 is 36.9 Å². The summed E-state index contributed by atoms with van der Waals surface area (Å²) in [5.74, 6) is -0.952. The molecular formula is C27H37F3O5. The normalized spacial score (nSPS) is 33.7. The molecule has 4 rings (SSSR count). The lowest BCUT2D eigenvalue weighted by atomic mass is 9.75. The van der Waals surface area contributed by atoms with E-state index in [0.717, 1.165) is 26.4 Å². The monoisotopic (exact) mass is 498 g/mol. The van der Waals surface area contributed by atoms with Crippen molar-refractivity contribution in [3.05, 3.63) is 35.9 Å². The van der Waals surface area contributed by atoms with E-state index in [2.05, 4.69) is 6.92 Å². The molecule has 1 aromatic rings. The molecule has 3 aliphatic rings. The Bertz CT molecular complexity index is 898. The van der Waals surface area contributed by atoms with Crippen LogP contribution in [-0.2, 0) is 29.3 Å². The fraction of sp³-hybridized carbons (Fsp3) is 0.741. The minimum Gasteiger partial charge on any atom is -0.459 e. The van der Waals surface area contributed by atoms with E-state index in [-0.39, 0.29) is 22.8 Å². The summed E-state index contributed by atoms with van der Waals surface area (Å²) in [6, 6.07) is 7.01. The first-order valence-corrected chi connectivity index (χ1v) is 12.5. The molecule has 0 radical (unpaired) electrons. The van der Waals surface area contributed by atoms with Gasteiger partial charge in [0.2, 0.25) is 0 Å². The Balaban J connectivity index is 1.54. The first kappa shape index (κ1) is 26.4. The van der Waals surface area contributed by atoms with Gasteiger partial charge in [-0.25, -0.2) is 4.79 Å². The fourth-order valence-corrected chi connectivity index (χ4v) is 6.62. The number of ether oxygens (including phenoxy) is 4. The number of hydrogen-bond acceptors (Lipinski definition) is 5. The zero-order valence-corrected chi connectivity index (χ0v) is 21.2. The third-order valence-electron chi connectivity index (χ3n) is 8.81. The van der Waals surface area contributed by atoms with Crippen LogP contribution in [0.5, 0.6) is 0 Å². The summed E-state index contributed by atoms with van der Waals surface area (Å²) in [6.07, 6.45) is -2.53. The average Bonchev–Trinajstić information content (AvgIpc) is 3.10. The van der Waals surface area contributed by atoms with Gasteiger partial charge in [0.05, 0.1) is 13.2 Å². The number of alkyl halides is 3. The predicted molar refractivity (Wildman–Crippen MR) is 123 cm³/mol. The zero-order valence-electron chi connectivity index (χ0n) is 21.2. The maximum absolute atomic E-state index is 14.4. The maximum Gasteiger partial charge on any atom is 0.432 e. The van der Waals surface area contributed by atoms with Gasteiger partial charge in [-0.05, 0) is 55.3 Å². The third-order valence-corrected chi connectivity index (χ3v) is 8.81. The van der Waals surface area contributed by atoms with Gasteiger partial charge in [0.25, 0.3) is 5.60 Å². The number of methoxy groups -OCH3 is 1. The highest BCUT2D eigenvalue weighted by atomic mass is 19.4. The molecule has 6 atom stereocenters. The largest absolute Gasteiger partial charge is 0.459 e. The van der Waals surface area contributed by atoms with Crippen LogP contribution in [-0.4, -0.2) is 44.4 Å². The molecule has 1 aromatic carbocycles. The van der Waals surface area contributed by atoms with Crippen LogP contribution >= 0.6 is 0 Å². The van der Waals surface area contributed by atoms with Gasteiger partial charge in [-0.3, -0.25) is 0 Å². The van der Waals surface area contributed by atoms with Crippen LogP contribution in [0.1, 0.15) is 58.9 Å². The molecule has 2 aliphatic carbocycles. The summed E-state index contributed by atoms with van der Waals surface area (Å²) in [6.45, 7) is 9.40. The SMILES string of the molecule is CO[C@](C(=O)O[C@H]1C[C@@]2(C)[C@H](CCC3(C)OCCO3)[C@H]2C[C@@H]1C(C)C)(c1ccccc1)C(F)(F)F. The van der Waals surface area contributed by atoms with E-state index >= 15 is 0 Å². The van der Waals surface area contributed by atoms with Crippen molar-refractivity contribution >= 4 is 5.97 Å². The maximum atomic E-state index is 14.4.